The van der Waals surface area contributed by atoms with Crippen LogP contribution in [0, 0.1) is 0 Å². The van der Waals surface area contributed by atoms with E-state index in [0.29, 0.717) is 19.8 Å². The molecule has 0 amide bonds. The summed E-state index contributed by atoms with van der Waals surface area (Å²) < 4.78 is 12.1. The number of ether oxygens (including phenoxy) is 2. The lowest BCUT2D eigenvalue weighted by molar-refractivity contribution is -0.0553. The summed E-state index contributed by atoms with van der Waals surface area (Å²) in [7, 11) is 0. The molecule has 0 saturated carbocycles. The van der Waals surface area contributed by atoms with Crippen LogP contribution in [0.25, 0.3) is 11.3 Å². The molecular weight excluding hydrogens is 244 g/mol. The fourth-order valence-electron chi connectivity index (χ4n) is 2.00. The van der Waals surface area contributed by atoms with E-state index in [1.807, 2.05) is 30.3 Å². The molecule has 0 N–H and O–H groups in total. The Labute approximate surface area is 110 Å². The zero-order chi connectivity index (χ0) is 13.1. The summed E-state index contributed by atoms with van der Waals surface area (Å²) in [4.78, 5) is 11.8. The van der Waals surface area contributed by atoms with Gasteiger partial charge < -0.3 is 9.47 Å². The van der Waals surface area contributed by atoms with E-state index in [4.69, 9.17) is 9.47 Å². The number of aromatic nitrogens is 2. The zero-order valence-corrected chi connectivity index (χ0v) is 10.4. The minimum Gasteiger partial charge on any atom is -0.348 e. The fourth-order valence-corrected chi connectivity index (χ4v) is 2.00. The van der Waals surface area contributed by atoms with E-state index < -0.39 is 0 Å². The summed E-state index contributed by atoms with van der Waals surface area (Å²) in [6, 6.07) is 13.0. The Balaban J connectivity index is 1.89. The quantitative estimate of drug-likeness (QED) is 0.832. The minimum atomic E-state index is -0.378. The van der Waals surface area contributed by atoms with Crippen LogP contribution in [0.3, 0.4) is 0 Å². The number of hydrogen-bond acceptors (Lipinski definition) is 4. The van der Waals surface area contributed by atoms with E-state index >= 15 is 0 Å². The van der Waals surface area contributed by atoms with Crippen molar-refractivity contribution in [2.45, 2.75) is 12.8 Å². The molecule has 1 fully saturated rings. The van der Waals surface area contributed by atoms with Crippen LogP contribution in [0.15, 0.2) is 47.3 Å². The SMILES string of the molecule is O=c1ccc(-c2ccccc2)nn1CC1OCCO1. The Morgan fingerprint density at radius 2 is 1.84 bits per heavy atom. The summed E-state index contributed by atoms with van der Waals surface area (Å²) in [5, 5.41) is 4.35. The van der Waals surface area contributed by atoms with E-state index in [2.05, 4.69) is 5.10 Å². The first-order chi connectivity index (χ1) is 9.33. The van der Waals surface area contributed by atoms with Gasteiger partial charge in [0.25, 0.3) is 5.56 Å². The molecular formula is C14H14N2O3. The Morgan fingerprint density at radius 1 is 1.11 bits per heavy atom. The minimum absolute atomic E-state index is 0.154. The monoisotopic (exact) mass is 258 g/mol. The van der Waals surface area contributed by atoms with Crippen molar-refractivity contribution in [3.8, 4) is 11.3 Å². The lowest BCUT2D eigenvalue weighted by Gasteiger charge is -2.11. The van der Waals surface area contributed by atoms with Gasteiger partial charge in [0.05, 0.1) is 25.5 Å². The maximum absolute atomic E-state index is 11.8. The largest absolute Gasteiger partial charge is 0.348 e. The Hall–Kier alpha value is -1.98. The molecule has 0 atom stereocenters. The summed E-state index contributed by atoms with van der Waals surface area (Å²) in [5.74, 6) is 0. The van der Waals surface area contributed by atoms with E-state index in [0.717, 1.165) is 11.3 Å². The van der Waals surface area contributed by atoms with Gasteiger partial charge in [-0.2, -0.15) is 5.10 Å². The summed E-state index contributed by atoms with van der Waals surface area (Å²) in [6.45, 7) is 1.45. The van der Waals surface area contributed by atoms with Gasteiger partial charge in [0.2, 0.25) is 0 Å². The molecule has 0 unspecified atom stereocenters. The summed E-state index contributed by atoms with van der Waals surface area (Å²) in [6.07, 6.45) is -0.378. The molecule has 1 aliphatic heterocycles. The molecule has 3 rings (SSSR count). The molecule has 0 bridgehead atoms. The Morgan fingerprint density at radius 3 is 2.58 bits per heavy atom. The average Bonchev–Trinajstić information content (AvgIpc) is 2.95. The molecule has 0 radical (unpaired) electrons. The molecule has 5 nitrogen and oxygen atoms in total. The highest BCUT2D eigenvalue weighted by molar-refractivity contribution is 5.57. The lowest BCUT2D eigenvalue weighted by Crippen LogP contribution is -2.29. The van der Waals surface area contributed by atoms with Crippen molar-refractivity contribution in [1.29, 1.82) is 0 Å². The first-order valence-corrected chi connectivity index (χ1v) is 6.20. The van der Waals surface area contributed by atoms with Crippen molar-refractivity contribution < 1.29 is 9.47 Å². The first-order valence-electron chi connectivity index (χ1n) is 6.20. The van der Waals surface area contributed by atoms with Crippen LogP contribution >= 0.6 is 0 Å². The molecule has 0 aliphatic carbocycles. The van der Waals surface area contributed by atoms with Gasteiger partial charge in [0.1, 0.15) is 0 Å². The molecule has 1 aromatic heterocycles. The van der Waals surface area contributed by atoms with E-state index in [9.17, 15) is 4.79 Å². The standard InChI is InChI=1S/C14H14N2O3/c17-13-7-6-12(11-4-2-1-3-5-11)15-16(13)10-14-18-8-9-19-14/h1-7,14H,8-10H2. The van der Waals surface area contributed by atoms with Gasteiger partial charge in [0.15, 0.2) is 6.29 Å². The topological polar surface area (TPSA) is 53.4 Å². The van der Waals surface area contributed by atoms with Crippen LogP contribution in [0.2, 0.25) is 0 Å². The third kappa shape index (κ3) is 2.72. The highest BCUT2D eigenvalue weighted by Crippen LogP contribution is 2.14. The number of nitrogens with zero attached hydrogens (tertiary/aromatic N) is 2. The van der Waals surface area contributed by atoms with Gasteiger partial charge in [-0.1, -0.05) is 30.3 Å². The Bertz CT molecular complexity index is 604. The molecule has 0 spiro atoms. The molecule has 1 aliphatic rings. The number of benzene rings is 1. The van der Waals surface area contributed by atoms with Crippen LogP contribution in [-0.4, -0.2) is 29.3 Å². The molecule has 1 saturated heterocycles. The van der Waals surface area contributed by atoms with Gasteiger partial charge in [-0.15, -0.1) is 0 Å². The van der Waals surface area contributed by atoms with Crippen molar-refractivity contribution >= 4 is 0 Å². The second-order valence-electron chi connectivity index (χ2n) is 4.28. The van der Waals surface area contributed by atoms with Crippen molar-refractivity contribution in [2.24, 2.45) is 0 Å². The highest BCUT2D eigenvalue weighted by Gasteiger charge is 2.17. The van der Waals surface area contributed by atoms with Crippen LogP contribution in [0.1, 0.15) is 0 Å². The number of hydrogen-bond donors (Lipinski definition) is 0. The second kappa shape index (κ2) is 5.34. The lowest BCUT2D eigenvalue weighted by atomic mass is 10.1. The van der Waals surface area contributed by atoms with E-state index in [-0.39, 0.29) is 11.8 Å². The Kier molecular flexibility index (Phi) is 3.39. The van der Waals surface area contributed by atoms with E-state index in [1.54, 1.807) is 6.07 Å². The number of rotatable bonds is 3. The molecule has 98 valence electrons. The predicted molar refractivity (Wildman–Crippen MR) is 69.6 cm³/mol. The van der Waals surface area contributed by atoms with Gasteiger partial charge >= 0.3 is 0 Å². The van der Waals surface area contributed by atoms with Gasteiger partial charge in [-0.25, -0.2) is 4.68 Å². The zero-order valence-electron chi connectivity index (χ0n) is 10.4. The predicted octanol–water partition coefficient (Wildman–Crippen LogP) is 1.28. The fraction of sp³-hybridized carbons (Fsp3) is 0.286. The smallest absolute Gasteiger partial charge is 0.266 e. The molecule has 5 heteroatoms. The van der Waals surface area contributed by atoms with Gasteiger partial charge in [-0.05, 0) is 6.07 Å². The molecule has 2 heterocycles. The van der Waals surface area contributed by atoms with Crippen molar-refractivity contribution in [1.82, 2.24) is 9.78 Å². The summed E-state index contributed by atoms with van der Waals surface area (Å²) in [5.41, 5.74) is 1.58. The average molecular weight is 258 g/mol. The van der Waals surface area contributed by atoms with Crippen LogP contribution in [0.4, 0.5) is 0 Å². The third-order valence-electron chi connectivity index (χ3n) is 2.95. The molecule has 2 aromatic rings. The maximum atomic E-state index is 11.8. The van der Waals surface area contributed by atoms with Gasteiger partial charge in [0, 0.05) is 11.6 Å². The van der Waals surface area contributed by atoms with Crippen molar-refractivity contribution in [3.63, 3.8) is 0 Å². The van der Waals surface area contributed by atoms with Crippen LogP contribution < -0.4 is 5.56 Å². The van der Waals surface area contributed by atoms with Crippen LogP contribution in [-0.2, 0) is 16.0 Å². The summed E-state index contributed by atoms with van der Waals surface area (Å²) >= 11 is 0. The maximum Gasteiger partial charge on any atom is 0.266 e. The van der Waals surface area contributed by atoms with Crippen molar-refractivity contribution in [2.75, 3.05) is 13.2 Å². The molecule has 1 aromatic carbocycles. The third-order valence-corrected chi connectivity index (χ3v) is 2.95. The van der Waals surface area contributed by atoms with Gasteiger partial charge in [-0.3, -0.25) is 4.79 Å². The van der Waals surface area contributed by atoms with Crippen LogP contribution in [0.5, 0.6) is 0 Å². The normalized spacial score (nSPS) is 15.8. The highest BCUT2D eigenvalue weighted by atomic mass is 16.7. The second-order valence-corrected chi connectivity index (χ2v) is 4.28. The van der Waals surface area contributed by atoms with E-state index in [1.165, 1.54) is 10.7 Å². The van der Waals surface area contributed by atoms with Crippen molar-refractivity contribution in [3.05, 3.63) is 52.8 Å². The molecule has 19 heavy (non-hydrogen) atoms. The first kappa shape index (κ1) is 12.1.